The number of aryl methyl sites for hydroxylation is 1. The molecular weight excluding hydrogens is 248 g/mol. The van der Waals surface area contributed by atoms with Crippen LogP contribution >= 0.6 is 0 Å². The summed E-state index contributed by atoms with van der Waals surface area (Å²) in [5.74, 6) is -1.19. The van der Waals surface area contributed by atoms with E-state index in [4.69, 9.17) is 5.11 Å². The molecule has 0 aromatic heterocycles. The van der Waals surface area contributed by atoms with Gasteiger partial charge >= 0.3 is 5.97 Å². The van der Waals surface area contributed by atoms with Crippen LogP contribution in [0.5, 0.6) is 0 Å². The monoisotopic (exact) mass is 264 g/mol. The zero-order chi connectivity index (χ0) is 14.0. The van der Waals surface area contributed by atoms with Gasteiger partial charge in [-0.2, -0.15) is 0 Å². The third kappa shape index (κ3) is 2.67. The molecule has 1 saturated heterocycles. The van der Waals surface area contributed by atoms with Crippen molar-refractivity contribution in [1.29, 1.82) is 0 Å². The number of benzene rings is 1. The zero-order valence-corrected chi connectivity index (χ0v) is 10.7. The number of nitrogens with zero attached hydrogens (tertiary/aromatic N) is 2. The van der Waals surface area contributed by atoms with E-state index in [-0.39, 0.29) is 11.6 Å². The minimum absolute atomic E-state index is 0.0472. The highest BCUT2D eigenvalue weighted by atomic mass is 16.6. The lowest BCUT2D eigenvalue weighted by Crippen LogP contribution is -2.23. The van der Waals surface area contributed by atoms with Crippen LogP contribution in [0.25, 0.3) is 0 Å². The van der Waals surface area contributed by atoms with Gasteiger partial charge in [0.1, 0.15) is 0 Å². The van der Waals surface area contributed by atoms with Crippen molar-refractivity contribution in [3.8, 4) is 0 Å². The van der Waals surface area contributed by atoms with Crippen molar-refractivity contribution >= 4 is 17.3 Å². The van der Waals surface area contributed by atoms with E-state index in [2.05, 4.69) is 0 Å². The Balaban J connectivity index is 2.30. The molecule has 1 unspecified atom stereocenters. The van der Waals surface area contributed by atoms with Crippen LogP contribution in [0.15, 0.2) is 18.2 Å². The Morgan fingerprint density at radius 3 is 2.84 bits per heavy atom. The van der Waals surface area contributed by atoms with Crippen molar-refractivity contribution in [2.75, 3.05) is 18.0 Å². The molecule has 1 aromatic carbocycles. The summed E-state index contributed by atoms with van der Waals surface area (Å²) in [4.78, 5) is 23.3. The number of carboxylic acids is 1. The van der Waals surface area contributed by atoms with E-state index >= 15 is 0 Å². The Labute approximate surface area is 110 Å². The predicted molar refractivity (Wildman–Crippen MR) is 70.4 cm³/mol. The third-order valence-electron chi connectivity index (χ3n) is 3.54. The van der Waals surface area contributed by atoms with E-state index in [1.165, 1.54) is 6.07 Å². The van der Waals surface area contributed by atoms with Gasteiger partial charge in [0.05, 0.1) is 10.8 Å². The van der Waals surface area contributed by atoms with Gasteiger partial charge in [0.15, 0.2) is 0 Å². The molecule has 0 amide bonds. The number of anilines is 1. The maximum Gasteiger partial charge on any atom is 0.308 e. The van der Waals surface area contributed by atoms with Crippen molar-refractivity contribution in [3.63, 3.8) is 0 Å². The Morgan fingerprint density at radius 2 is 2.32 bits per heavy atom. The van der Waals surface area contributed by atoms with Gasteiger partial charge in [-0.3, -0.25) is 14.9 Å². The first-order valence-corrected chi connectivity index (χ1v) is 6.28. The van der Waals surface area contributed by atoms with Gasteiger partial charge in [0.2, 0.25) is 0 Å². The fraction of sp³-hybridized carbons (Fsp3) is 0.462. The van der Waals surface area contributed by atoms with Gasteiger partial charge in [-0.1, -0.05) is 13.0 Å². The minimum Gasteiger partial charge on any atom is -0.481 e. The summed E-state index contributed by atoms with van der Waals surface area (Å²) in [7, 11) is 0. The molecule has 19 heavy (non-hydrogen) atoms. The maximum atomic E-state index is 11.0. The van der Waals surface area contributed by atoms with Crippen molar-refractivity contribution in [3.05, 3.63) is 33.9 Å². The maximum absolute atomic E-state index is 11.0. The number of nitro groups is 1. The summed E-state index contributed by atoms with van der Waals surface area (Å²) >= 11 is 0. The average molecular weight is 264 g/mol. The summed E-state index contributed by atoms with van der Waals surface area (Å²) in [6.07, 6.45) is 1.35. The van der Waals surface area contributed by atoms with Crippen molar-refractivity contribution in [1.82, 2.24) is 0 Å². The topological polar surface area (TPSA) is 83.7 Å². The molecule has 0 bridgehead atoms. The van der Waals surface area contributed by atoms with E-state index < -0.39 is 10.9 Å². The number of hydrogen-bond donors (Lipinski definition) is 1. The Kier molecular flexibility index (Phi) is 3.69. The Morgan fingerprint density at radius 1 is 1.58 bits per heavy atom. The largest absolute Gasteiger partial charge is 0.481 e. The molecule has 2 rings (SSSR count). The summed E-state index contributed by atoms with van der Waals surface area (Å²) in [6.45, 7) is 3.03. The van der Waals surface area contributed by atoms with Gasteiger partial charge in [-0.15, -0.1) is 0 Å². The van der Waals surface area contributed by atoms with Crippen LogP contribution in [0.3, 0.4) is 0 Å². The molecule has 102 valence electrons. The highest BCUT2D eigenvalue weighted by molar-refractivity contribution is 5.72. The van der Waals surface area contributed by atoms with Crippen LogP contribution < -0.4 is 4.90 Å². The van der Waals surface area contributed by atoms with Crippen molar-refractivity contribution < 1.29 is 14.8 Å². The third-order valence-corrected chi connectivity index (χ3v) is 3.54. The lowest BCUT2D eigenvalue weighted by Gasteiger charge is -2.21. The molecule has 0 aliphatic carbocycles. The Hall–Kier alpha value is -2.11. The lowest BCUT2D eigenvalue weighted by molar-refractivity contribution is -0.384. The van der Waals surface area contributed by atoms with Crippen LogP contribution in [-0.4, -0.2) is 29.1 Å². The van der Waals surface area contributed by atoms with Gasteiger partial charge in [0, 0.05) is 30.9 Å². The molecule has 6 nitrogen and oxygen atoms in total. The highest BCUT2D eigenvalue weighted by Gasteiger charge is 2.29. The van der Waals surface area contributed by atoms with Crippen LogP contribution in [0.2, 0.25) is 0 Å². The summed E-state index contributed by atoms with van der Waals surface area (Å²) < 4.78 is 0. The van der Waals surface area contributed by atoms with E-state index in [0.29, 0.717) is 19.5 Å². The number of carbonyl (C=O) groups is 1. The number of aliphatic carboxylic acids is 1. The average Bonchev–Trinajstić information content (AvgIpc) is 2.87. The van der Waals surface area contributed by atoms with Gasteiger partial charge < -0.3 is 10.0 Å². The number of nitro benzene ring substituents is 1. The molecule has 1 N–H and O–H groups in total. The lowest BCUT2D eigenvalue weighted by atomic mass is 10.1. The predicted octanol–water partition coefficient (Wildman–Crippen LogP) is 2.07. The molecule has 1 aliphatic heterocycles. The number of carboxylic acid groups (broad SMARTS) is 1. The highest BCUT2D eigenvalue weighted by Crippen LogP contribution is 2.30. The van der Waals surface area contributed by atoms with Gasteiger partial charge in [-0.05, 0) is 18.4 Å². The SMILES string of the molecule is CCc1ccc([N+](=O)[O-])cc1N1CCC(C(=O)O)C1. The van der Waals surface area contributed by atoms with E-state index in [1.54, 1.807) is 12.1 Å². The first kappa shape index (κ1) is 13.3. The number of non-ortho nitro benzene ring substituents is 1. The fourth-order valence-corrected chi connectivity index (χ4v) is 2.44. The molecule has 1 aromatic rings. The molecule has 6 heteroatoms. The van der Waals surface area contributed by atoms with Crippen molar-refractivity contribution in [2.45, 2.75) is 19.8 Å². The first-order chi connectivity index (χ1) is 9.02. The van der Waals surface area contributed by atoms with E-state index in [1.807, 2.05) is 11.8 Å². The molecule has 0 spiro atoms. The molecule has 1 fully saturated rings. The first-order valence-electron chi connectivity index (χ1n) is 6.28. The molecule has 1 heterocycles. The summed E-state index contributed by atoms with van der Waals surface area (Å²) in [5, 5.41) is 19.8. The van der Waals surface area contributed by atoms with Crippen LogP contribution in [0.4, 0.5) is 11.4 Å². The number of rotatable bonds is 4. The smallest absolute Gasteiger partial charge is 0.308 e. The van der Waals surface area contributed by atoms with E-state index in [9.17, 15) is 14.9 Å². The molecule has 0 saturated carbocycles. The van der Waals surface area contributed by atoms with Gasteiger partial charge in [0.25, 0.3) is 5.69 Å². The van der Waals surface area contributed by atoms with Crippen LogP contribution in [-0.2, 0) is 11.2 Å². The van der Waals surface area contributed by atoms with Crippen molar-refractivity contribution in [2.24, 2.45) is 5.92 Å². The quantitative estimate of drug-likeness (QED) is 0.664. The summed E-state index contributed by atoms with van der Waals surface area (Å²) in [5.41, 5.74) is 1.85. The molecule has 1 atom stereocenters. The molecular formula is C13H16N2O4. The second kappa shape index (κ2) is 5.26. The minimum atomic E-state index is -0.800. The molecule has 0 radical (unpaired) electrons. The van der Waals surface area contributed by atoms with E-state index in [0.717, 1.165) is 17.7 Å². The normalized spacial score (nSPS) is 18.6. The zero-order valence-electron chi connectivity index (χ0n) is 10.7. The van der Waals surface area contributed by atoms with Crippen LogP contribution in [0.1, 0.15) is 18.9 Å². The summed E-state index contributed by atoms with van der Waals surface area (Å²) in [6, 6.07) is 4.79. The molecule has 1 aliphatic rings. The van der Waals surface area contributed by atoms with Crippen LogP contribution in [0, 0.1) is 16.0 Å². The fourth-order valence-electron chi connectivity index (χ4n) is 2.44. The standard InChI is InChI=1S/C13H16N2O4/c1-2-9-3-4-11(15(18)19)7-12(9)14-6-5-10(8-14)13(16)17/h3-4,7,10H,2,5-6,8H2,1H3,(H,16,17). The number of hydrogen-bond acceptors (Lipinski definition) is 4. The second-order valence-corrected chi connectivity index (χ2v) is 4.69. The van der Waals surface area contributed by atoms with Gasteiger partial charge in [-0.25, -0.2) is 0 Å². The Bertz CT molecular complexity index is 515. The second-order valence-electron chi connectivity index (χ2n) is 4.69.